The van der Waals surface area contributed by atoms with Crippen molar-refractivity contribution in [3.63, 3.8) is 0 Å². The van der Waals surface area contributed by atoms with E-state index in [-0.39, 0.29) is 11.7 Å². The molecule has 0 bridgehead atoms. The molecule has 1 aromatic heterocycles. The molecule has 9 heteroatoms. The van der Waals surface area contributed by atoms with E-state index in [0.717, 1.165) is 17.3 Å². The molecule has 0 fully saturated rings. The van der Waals surface area contributed by atoms with Gasteiger partial charge in [-0.25, -0.2) is 4.99 Å². The van der Waals surface area contributed by atoms with E-state index in [2.05, 4.69) is 10.1 Å². The molecule has 0 radical (unpaired) electrons. The van der Waals surface area contributed by atoms with Gasteiger partial charge in [0.2, 0.25) is 5.91 Å². The average molecular weight is 337 g/mol. The molecule has 0 saturated heterocycles. The van der Waals surface area contributed by atoms with Crippen LogP contribution in [0.4, 0.5) is 0 Å². The minimum absolute atomic E-state index is 0.0765. The van der Waals surface area contributed by atoms with Gasteiger partial charge in [0, 0.05) is 39.1 Å². The Kier molecular flexibility index (Phi) is 5.94. The van der Waals surface area contributed by atoms with Crippen molar-refractivity contribution in [1.29, 1.82) is 0 Å². The van der Waals surface area contributed by atoms with Crippen molar-refractivity contribution < 1.29 is 14.3 Å². The molecule has 1 aromatic rings. The number of rotatable bonds is 7. The first kappa shape index (κ1) is 17.2. The average Bonchev–Trinajstić information content (AvgIpc) is 3.03. The third kappa shape index (κ3) is 4.67. The summed E-state index contributed by atoms with van der Waals surface area (Å²) in [6, 6.07) is 0. The maximum Gasteiger partial charge on any atom is 0.278 e. The number of carbonyl (C=O) groups is 2. The Morgan fingerprint density at radius 2 is 2.30 bits per heavy atom. The molecule has 8 nitrogen and oxygen atoms in total. The first-order valence-electron chi connectivity index (χ1n) is 7.02. The van der Waals surface area contributed by atoms with Crippen molar-refractivity contribution in [3.8, 4) is 0 Å². The van der Waals surface area contributed by atoms with E-state index < -0.39 is 5.91 Å². The fraction of sp³-hybridized carbons (Fsp3) is 0.429. The van der Waals surface area contributed by atoms with Crippen LogP contribution in [0.15, 0.2) is 23.1 Å². The summed E-state index contributed by atoms with van der Waals surface area (Å²) in [6.45, 7) is 1.01. The molecule has 124 valence electrons. The highest BCUT2D eigenvalue weighted by molar-refractivity contribution is 8.14. The fourth-order valence-corrected chi connectivity index (χ4v) is 2.78. The van der Waals surface area contributed by atoms with E-state index in [1.165, 1.54) is 0 Å². The fourth-order valence-electron chi connectivity index (χ4n) is 2.01. The largest absolute Gasteiger partial charge is 0.385 e. The molecule has 1 aliphatic heterocycles. The van der Waals surface area contributed by atoms with Gasteiger partial charge in [-0.3, -0.25) is 19.2 Å². The van der Waals surface area contributed by atoms with Crippen LogP contribution in [0.25, 0.3) is 6.08 Å². The number of nitrogens with zero attached hydrogens (tertiary/aromatic N) is 4. The van der Waals surface area contributed by atoms with Gasteiger partial charge in [-0.05, 0) is 12.5 Å². The van der Waals surface area contributed by atoms with Gasteiger partial charge >= 0.3 is 0 Å². The molecule has 0 aliphatic carbocycles. The first-order chi connectivity index (χ1) is 11.0. The molecule has 0 saturated carbocycles. The van der Waals surface area contributed by atoms with E-state index in [9.17, 15) is 9.59 Å². The summed E-state index contributed by atoms with van der Waals surface area (Å²) in [5, 5.41) is 4.54. The van der Waals surface area contributed by atoms with Gasteiger partial charge in [0.25, 0.3) is 5.91 Å². The Balaban J connectivity index is 2.17. The minimum atomic E-state index is -0.452. The highest BCUT2D eigenvalue weighted by atomic mass is 32.2. The molecular formula is C14H19N5O3S. The van der Waals surface area contributed by atoms with Gasteiger partial charge in [-0.15, -0.1) is 0 Å². The number of methoxy groups -OCH3 is 1. The van der Waals surface area contributed by atoms with Crippen LogP contribution in [0.1, 0.15) is 12.0 Å². The van der Waals surface area contributed by atoms with E-state index in [1.54, 1.807) is 42.2 Å². The quantitative estimate of drug-likeness (QED) is 0.566. The van der Waals surface area contributed by atoms with Crippen molar-refractivity contribution in [2.75, 3.05) is 26.0 Å². The summed E-state index contributed by atoms with van der Waals surface area (Å²) in [5.74, 6) is -0.573. The molecule has 2 amide bonds. The van der Waals surface area contributed by atoms with Gasteiger partial charge in [0.1, 0.15) is 5.70 Å². The molecule has 23 heavy (non-hydrogen) atoms. The third-order valence-corrected chi connectivity index (χ3v) is 4.01. The second-order valence-corrected chi connectivity index (χ2v) is 5.87. The molecular weight excluding hydrogens is 318 g/mol. The lowest BCUT2D eigenvalue weighted by atomic mass is 10.2. The Bertz CT molecular complexity index is 653. The van der Waals surface area contributed by atoms with Crippen LogP contribution in [0, 0.1) is 0 Å². The summed E-state index contributed by atoms with van der Waals surface area (Å²) < 4.78 is 6.66. The monoisotopic (exact) mass is 337 g/mol. The minimum Gasteiger partial charge on any atom is -0.385 e. The number of primary amides is 1. The van der Waals surface area contributed by atoms with Gasteiger partial charge in [0.05, 0.1) is 11.9 Å². The summed E-state index contributed by atoms with van der Waals surface area (Å²) >= 11 is 1.16. The summed E-state index contributed by atoms with van der Waals surface area (Å²) in [7, 11) is 3.41. The normalized spacial score (nSPS) is 16.3. The molecule has 0 atom stereocenters. The predicted octanol–water partition coefficient (Wildman–Crippen LogP) is 0.214. The summed E-state index contributed by atoms with van der Waals surface area (Å²) in [5.41, 5.74) is 6.28. The molecule has 2 rings (SSSR count). The molecule has 0 unspecified atom stereocenters. The lowest BCUT2D eigenvalue weighted by Crippen LogP contribution is -2.32. The number of ether oxygens (including phenoxy) is 1. The highest BCUT2D eigenvalue weighted by Gasteiger charge is 2.30. The number of nitrogens with two attached hydrogens (primary N) is 1. The zero-order valence-corrected chi connectivity index (χ0v) is 13.9. The van der Waals surface area contributed by atoms with Gasteiger partial charge in [0.15, 0.2) is 5.17 Å². The topological polar surface area (TPSA) is 103 Å². The standard InChI is InChI=1S/C14H19N5O3S/c1-18-8-10(7-16-18)6-11-13(21)19(4-3-5-22-2)14(17-11)23-9-12(15)20/h6-8H,3-5,9H2,1-2H3,(H2,15,20)/b11-6+. The zero-order chi connectivity index (χ0) is 16.8. The number of carbonyl (C=O) groups excluding carboxylic acids is 2. The van der Waals surface area contributed by atoms with E-state index in [4.69, 9.17) is 10.5 Å². The number of aromatic nitrogens is 2. The number of amides is 2. The summed E-state index contributed by atoms with van der Waals surface area (Å²) in [4.78, 5) is 29.4. The third-order valence-electron chi connectivity index (χ3n) is 3.01. The Hall–Kier alpha value is -2.13. The number of aliphatic imine (C=N–C) groups is 1. The SMILES string of the molecule is COCCCN1C(=O)/C(=C\c2cnn(C)c2)N=C1SCC(N)=O. The van der Waals surface area contributed by atoms with Crippen LogP contribution in [-0.2, 0) is 21.4 Å². The van der Waals surface area contributed by atoms with Crippen LogP contribution < -0.4 is 5.73 Å². The summed E-state index contributed by atoms with van der Waals surface area (Å²) in [6.07, 6.45) is 5.80. The Morgan fingerprint density at radius 3 is 2.91 bits per heavy atom. The number of hydrogen-bond acceptors (Lipinski definition) is 6. The van der Waals surface area contributed by atoms with Gasteiger partial charge < -0.3 is 10.5 Å². The number of aryl methyl sites for hydroxylation is 1. The highest BCUT2D eigenvalue weighted by Crippen LogP contribution is 2.24. The van der Waals surface area contributed by atoms with Crippen LogP contribution >= 0.6 is 11.8 Å². The smallest absolute Gasteiger partial charge is 0.278 e. The van der Waals surface area contributed by atoms with Crippen molar-refractivity contribution in [2.45, 2.75) is 6.42 Å². The lowest BCUT2D eigenvalue weighted by Gasteiger charge is -2.16. The zero-order valence-electron chi connectivity index (χ0n) is 13.1. The molecule has 2 heterocycles. The molecule has 0 aromatic carbocycles. The van der Waals surface area contributed by atoms with Crippen LogP contribution in [0.3, 0.4) is 0 Å². The lowest BCUT2D eigenvalue weighted by molar-refractivity contribution is -0.122. The maximum atomic E-state index is 12.5. The predicted molar refractivity (Wildman–Crippen MR) is 88.5 cm³/mol. The number of thioether (sulfide) groups is 1. The first-order valence-corrected chi connectivity index (χ1v) is 8.00. The van der Waals surface area contributed by atoms with Crippen LogP contribution in [0.5, 0.6) is 0 Å². The van der Waals surface area contributed by atoms with E-state index in [1.807, 2.05) is 0 Å². The number of hydrogen-bond donors (Lipinski definition) is 1. The molecule has 1 aliphatic rings. The van der Waals surface area contributed by atoms with Crippen LogP contribution in [-0.4, -0.2) is 57.7 Å². The molecule has 0 spiro atoms. The van der Waals surface area contributed by atoms with Crippen molar-refractivity contribution in [3.05, 3.63) is 23.7 Å². The molecule has 2 N–H and O–H groups in total. The second kappa shape index (κ2) is 7.93. The number of amidine groups is 1. The maximum absolute atomic E-state index is 12.5. The van der Waals surface area contributed by atoms with Crippen LogP contribution in [0.2, 0.25) is 0 Å². The van der Waals surface area contributed by atoms with E-state index in [0.29, 0.717) is 30.4 Å². The van der Waals surface area contributed by atoms with Gasteiger partial charge in [-0.1, -0.05) is 11.8 Å². The van der Waals surface area contributed by atoms with E-state index >= 15 is 0 Å². The Labute approximate surface area is 138 Å². The van der Waals surface area contributed by atoms with Crippen molar-refractivity contribution in [2.24, 2.45) is 17.8 Å². The van der Waals surface area contributed by atoms with Gasteiger partial charge in [-0.2, -0.15) is 5.10 Å². The second-order valence-electron chi connectivity index (χ2n) is 4.93. The Morgan fingerprint density at radius 1 is 1.52 bits per heavy atom. The van der Waals surface area contributed by atoms with Crippen molar-refractivity contribution in [1.82, 2.24) is 14.7 Å². The van der Waals surface area contributed by atoms with Crippen molar-refractivity contribution >= 4 is 34.8 Å².